The number of aliphatic hydroxyl groups is 1. The average molecular weight is 185 g/mol. The zero-order chi connectivity index (χ0) is 9.68. The second-order valence-corrected chi connectivity index (χ2v) is 4.50. The molecule has 0 spiro atoms. The van der Waals surface area contributed by atoms with Gasteiger partial charge in [-0.2, -0.15) is 0 Å². The molecule has 2 heteroatoms. The van der Waals surface area contributed by atoms with Crippen molar-refractivity contribution in [2.24, 2.45) is 11.8 Å². The third-order valence-corrected chi connectivity index (χ3v) is 3.18. The molecule has 1 aliphatic rings. The molecule has 0 aromatic carbocycles. The Bertz CT molecular complexity index is 128. The minimum atomic E-state index is 0.329. The maximum Gasteiger partial charge on any atom is 0.0476 e. The lowest BCUT2D eigenvalue weighted by atomic mass is 9.87. The molecule has 1 fully saturated rings. The molecule has 0 amide bonds. The van der Waals surface area contributed by atoms with Crippen molar-refractivity contribution >= 4 is 0 Å². The van der Waals surface area contributed by atoms with Gasteiger partial charge in [0.05, 0.1) is 0 Å². The van der Waals surface area contributed by atoms with Gasteiger partial charge in [-0.1, -0.05) is 26.7 Å². The van der Waals surface area contributed by atoms with Crippen molar-refractivity contribution in [3.8, 4) is 0 Å². The largest absolute Gasteiger partial charge is 0.396 e. The summed E-state index contributed by atoms with van der Waals surface area (Å²) in [6.45, 7) is 5.87. The third-order valence-electron chi connectivity index (χ3n) is 3.18. The zero-order valence-electron chi connectivity index (χ0n) is 8.92. The topological polar surface area (TPSA) is 32.3 Å². The zero-order valence-corrected chi connectivity index (χ0v) is 8.92. The van der Waals surface area contributed by atoms with Crippen LogP contribution in [0.1, 0.15) is 39.5 Å². The van der Waals surface area contributed by atoms with Gasteiger partial charge in [-0.25, -0.2) is 0 Å². The molecule has 13 heavy (non-hydrogen) atoms. The molecule has 78 valence electrons. The molecule has 0 aliphatic carbocycles. The lowest BCUT2D eigenvalue weighted by Gasteiger charge is -2.28. The van der Waals surface area contributed by atoms with E-state index < -0.39 is 0 Å². The maximum atomic E-state index is 9.30. The van der Waals surface area contributed by atoms with Crippen LogP contribution in [0.3, 0.4) is 0 Å². The van der Waals surface area contributed by atoms with Gasteiger partial charge in [0.15, 0.2) is 0 Å². The van der Waals surface area contributed by atoms with Gasteiger partial charge in [-0.05, 0) is 31.2 Å². The molecular weight excluding hydrogens is 162 g/mol. The van der Waals surface area contributed by atoms with Crippen LogP contribution in [0.5, 0.6) is 0 Å². The predicted molar refractivity (Wildman–Crippen MR) is 55.7 cm³/mol. The van der Waals surface area contributed by atoms with Crippen LogP contribution < -0.4 is 5.32 Å². The van der Waals surface area contributed by atoms with Gasteiger partial charge in [0.1, 0.15) is 0 Å². The van der Waals surface area contributed by atoms with E-state index in [0.717, 1.165) is 6.54 Å². The minimum absolute atomic E-state index is 0.329. The van der Waals surface area contributed by atoms with Crippen molar-refractivity contribution in [1.29, 1.82) is 0 Å². The second kappa shape index (κ2) is 5.61. The summed E-state index contributed by atoms with van der Waals surface area (Å²) in [4.78, 5) is 0. The Labute approximate surface area is 81.7 Å². The minimum Gasteiger partial charge on any atom is -0.396 e. The lowest BCUT2D eigenvalue weighted by Crippen LogP contribution is -2.39. The fraction of sp³-hybridized carbons (Fsp3) is 1.00. The van der Waals surface area contributed by atoms with Crippen LogP contribution in [0, 0.1) is 11.8 Å². The van der Waals surface area contributed by atoms with Crippen LogP contribution in [0.2, 0.25) is 0 Å². The van der Waals surface area contributed by atoms with Gasteiger partial charge < -0.3 is 10.4 Å². The van der Waals surface area contributed by atoms with Crippen molar-refractivity contribution in [2.75, 3.05) is 13.2 Å². The molecule has 1 heterocycles. The quantitative estimate of drug-likeness (QED) is 0.702. The molecule has 2 unspecified atom stereocenters. The van der Waals surface area contributed by atoms with Crippen molar-refractivity contribution in [3.05, 3.63) is 0 Å². The van der Waals surface area contributed by atoms with E-state index in [-0.39, 0.29) is 0 Å². The number of hydrogen-bond acceptors (Lipinski definition) is 2. The van der Waals surface area contributed by atoms with E-state index in [2.05, 4.69) is 19.2 Å². The van der Waals surface area contributed by atoms with Crippen LogP contribution in [-0.4, -0.2) is 24.3 Å². The molecule has 0 saturated carbocycles. The normalized spacial score (nSPS) is 27.2. The molecule has 1 rings (SSSR count). The molecule has 2 N–H and O–H groups in total. The molecular formula is C11H23NO. The molecule has 0 aromatic rings. The monoisotopic (exact) mass is 185 g/mol. The summed E-state index contributed by atoms with van der Waals surface area (Å²) in [7, 11) is 0. The highest BCUT2D eigenvalue weighted by atomic mass is 16.3. The number of aliphatic hydroxyl groups excluding tert-OH is 1. The maximum absolute atomic E-state index is 9.30. The van der Waals surface area contributed by atoms with Gasteiger partial charge in [-0.15, -0.1) is 0 Å². The SMILES string of the molecule is CC(C)C(CO)C1CCCCCN1. The summed E-state index contributed by atoms with van der Waals surface area (Å²) >= 11 is 0. The van der Waals surface area contributed by atoms with E-state index in [4.69, 9.17) is 0 Å². The average Bonchev–Trinajstić information content (AvgIpc) is 2.33. The van der Waals surface area contributed by atoms with Crippen LogP contribution in [0.25, 0.3) is 0 Å². The van der Waals surface area contributed by atoms with E-state index >= 15 is 0 Å². The first kappa shape index (κ1) is 11.0. The summed E-state index contributed by atoms with van der Waals surface area (Å²) in [5.41, 5.74) is 0. The fourth-order valence-corrected chi connectivity index (χ4v) is 2.22. The van der Waals surface area contributed by atoms with E-state index in [1.807, 2.05) is 0 Å². The predicted octanol–water partition coefficient (Wildman–Crippen LogP) is 1.78. The van der Waals surface area contributed by atoms with E-state index in [1.165, 1.54) is 25.7 Å². The van der Waals surface area contributed by atoms with Gasteiger partial charge in [0, 0.05) is 12.6 Å². The van der Waals surface area contributed by atoms with Crippen molar-refractivity contribution < 1.29 is 5.11 Å². The van der Waals surface area contributed by atoms with E-state index in [1.54, 1.807) is 0 Å². The van der Waals surface area contributed by atoms with Crippen molar-refractivity contribution in [3.63, 3.8) is 0 Å². The summed E-state index contributed by atoms with van der Waals surface area (Å²) in [5, 5.41) is 12.9. The highest BCUT2D eigenvalue weighted by Crippen LogP contribution is 2.21. The third kappa shape index (κ3) is 3.28. The first-order chi connectivity index (χ1) is 6.25. The molecule has 0 radical (unpaired) electrons. The smallest absolute Gasteiger partial charge is 0.0476 e. The molecule has 0 aromatic heterocycles. The Morgan fingerprint density at radius 2 is 2.08 bits per heavy atom. The van der Waals surface area contributed by atoms with Gasteiger partial charge in [0.25, 0.3) is 0 Å². The highest BCUT2D eigenvalue weighted by molar-refractivity contribution is 4.80. The van der Waals surface area contributed by atoms with Crippen LogP contribution in [0.15, 0.2) is 0 Å². The lowest BCUT2D eigenvalue weighted by molar-refractivity contribution is 0.148. The van der Waals surface area contributed by atoms with E-state index in [9.17, 15) is 5.11 Å². The number of nitrogens with one attached hydrogen (secondary N) is 1. The number of rotatable bonds is 3. The Balaban J connectivity index is 2.45. The van der Waals surface area contributed by atoms with Crippen LogP contribution in [-0.2, 0) is 0 Å². The highest BCUT2D eigenvalue weighted by Gasteiger charge is 2.23. The second-order valence-electron chi connectivity index (χ2n) is 4.50. The summed E-state index contributed by atoms with van der Waals surface area (Å²) in [6, 6.07) is 0.549. The Hall–Kier alpha value is -0.0800. The Kier molecular flexibility index (Phi) is 4.74. The van der Waals surface area contributed by atoms with E-state index in [0.29, 0.717) is 24.5 Å². The number of hydrogen-bond donors (Lipinski definition) is 2. The Morgan fingerprint density at radius 1 is 1.31 bits per heavy atom. The van der Waals surface area contributed by atoms with Gasteiger partial charge in [0.2, 0.25) is 0 Å². The van der Waals surface area contributed by atoms with Crippen LogP contribution >= 0.6 is 0 Å². The standard InChI is InChI=1S/C11H23NO/c1-9(2)10(8-13)11-6-4-3-5-7-12-11/h9-13H,3-8H2,1-2H3. The van der Waals surface area contributed by atoms with Gasteiger partial charge >= 0.3 is 0 Å². The molecule has 2 atom stereocenters. The first-order valence-electron chi connectivity index (χ1n) is 5.60. The van der Waals surface area contributed by atoms with Gasteiger partial charge in [-0.3, -0.25) is 0 Å². The van der Waals surface area contributed by atoms with Crippen molar-refractivity contribution in [2.45, 2.75) is 45.6 Å². The van der Waals surface area contributed by atoms with Crippen LogP contribution in [0.4, 0.5) is 0 Å². The summed E-state index contributed by atoms with van der Waals surface area (Å²) in [6.07, 6.45) is 5.21. The molecule has 0 bridgehead atoms. The Morgan fingerprint density at radius 3 is 2.69 bits per heavy atom. The molecule has 1 aliphatic heterocycles. The summed E-state index contributed by atoms with van der Waals surface area (Å²) in [5.74, 6) is 1.03. The van der Waals surface area contributed by atoms with Crippen molar-refractivity contribution in [1.82, 2.24) is 5.32 Å². The summed E-state index contributed by atoms with van der Waals surface area (Å²) < 4.78 is 0. The first-order valence-corrected chi connectivity index (χ1v) is 5.60. The molecule has 2 nitrogen and oxygen atoms in total. The fourth-order valence-electron chi connectivity index (χ4n) is 2.22. The molecule has 1 saturated heterocycles.